The van der Waals surface area contributed by atoms with Crippen LogP contribution in [0.25, 0.3) is 0 Å². The molecule has 0 spiro atoms. The molecule has 128 valence electrons. The van der Waals surface area contributed by atoms with Crippen LogP contribution in [0.15, 0.2) is 0 Å². The van der Waals surface area contributed by atoms with Gasteiger partial charge in [-0.3, -0.25) is 4.79 Å². The summed E-state index contributed by atoms with van der Waals surface area (Å²) >= 11 is 0. The zero-order valence-corrected chi connectivity index (χ0v) is 12.9. The molecule has 0 aliphatic heterocycles. The van der Waals surface area contributed by atoms with Crippen LogP contribution in [0.5, 0.6) is 0 Å². The van der Waals surface area contributed by atoms with Gasteiger partial charge in [0.15, 0.2) is 0 Å². The molecule has 0 aromatic heterocycles. The van der Waals surface area contributed by atoms with E-state index in [4.69, 9.17) is 4.74 Å². The third kappa shape index (κ3) is 9.72. The fraction of sp³-hybridized carbons (Fsp3) is 0.917. The molecular weight excluding hydrogens is 300 g/mol. The Morgan fingerprint density at radius 2 is 1.77 bits per heavy atom. The van der Waals surface area contributed by atoms with Crippen LogP contribution in [0, 0.1) is 26.1 Å². The maximum Gasteiger partial charge on any atom is 0.305 e. The van der Waals surface area contributed by atoms with Crippen molar-refractivity contribution in [3.8, 4) is 0 Å². The molecule has 2 atom stereocenters. The van der Waals surface area contributed by atoms with Gasteiger partial charge in [0.05, 0.1) is 0 Å². The van der Waals surface area contributed by atoms with E-state index in [1.54, 1.807) is 6.92 Å². The number of rotatable bonds is 12. The van der Waals surface area contributed by atoms with Crippen LogP contribution in [0.2, 0.25) is 0 Å². The molecule has 0 amide bonds. The highest BCUT2D eigenvalue weighted by atomic mass is 17.0. The summed E-state index contributed by atoms with van der Waals surface area (Å²) in [5.74, 6) is -0.214. The van der Waals surface area contributed by atoms with Crippen LogP contribution in [-0.4, -0.2) is 35.0 Å². The van der Waals surface area contributed by atoms with Gasteiger partial charge in [0.1, 0.15) is 18.8 Å². The van der Waals surface area contributed by atoms with E-state index in [2.05, 4.69) is 9.68 Å². The van der Waals surface area contributed by atoms with Crippen LogP contribution in [0.1, 0.15) is 46.5 Å². The van der Waals surface area contributed by atoms with Crippen LogP contribution in [-0.2, 0) is 19.2 Å². The van der Waals surface area contributed by atoms with Crippen molar-refractivity contribution < 1.29 is 29.4 Å². The highest BCUT2D eigenvalue weighted by Crippen LogP contribution is 2.17. The largest absolute Gasteiger partial charge is 0.462 e. The maximum absolute atomic E-state index is 11.3. The molecule has 0 heterocycles. The average molecular weight is 322 g/mol. The normalized spacial score (nSPS) is 13.3. The number of ether oxygens (including phenoxy) is 1. The fourth-order valence-corrected chi connectivity index (χ4v) is 1.76. The van der Waals surface area contributed by atoms with E-state index in [9.17, 15) is 25.0 Å². The maximum atomic E-state index is 11.3. The Labute approximate surface area is 127 Å². The second-order valence-corrected chi connectivity index (χ2v) is 5.03. The first-order chi connectivity index (χ1) is 10.3. The van der Waals surface area contributed by atoms with Gasteiger partial charge in [-0.15, -0.1) is 20.2 Å². The molecule has 0 aliphatic carbocycles. The second kappa shape index (κ2) is 10.6. The van der Waals surface area contributed by atoms with Crippen molar-refractivity contribution in [3.05, 3.63) is 20.2 Å². The molecule has 0 aromatic carbocycles. The lowest BCUT2D eigenvalue weighted by molar-refractivity contribution is -0.790. The summed E-state index contributed by atoms with van der Waals surface area (Å²) in [4.78, 5) is 40.2. The Kier molecular flexibility index (Phi) is 9.55. The molecule has 0 fully saturated rings. The Balaban J connectivity index is 4.33. The molecule has 0 N–H and O–H groups in total. The predicted octanol–water partition coefficient (Wildman–Crippen LogP) is 1.92. The van der Waals surface area contributed by atoms with Gasteiger partial charge < -0.3 is 14.4 Å². The first-order valence-electron chi connectivity index (χ1n) is 7.04. The summed E-state index contributed by atoms with van der Waals surface area (Å²) in [5.41, 5.74) is 0. The standard InChI is InChI=1S/C12H22N2O8/c1-4-12(15)21-11(9(2)3)7-5-6-10(22-14(18)19)8-20-13(16)17/h9-11H,4-8H2,1-3H3. The van der Waals surface area contributed by atoms with E-state index in [-0.39, 0.29) is 30.8 Å². The second-order valence-electron chi connectivity index (χ2n) is 5.03. The van der Waals surface area contributed by atoms with E-state index in [0.717, 1.165) is 0 Å². The molecular formula is C12H22N2O8. The summed E-state index contributed by atoms with van der Waals surface area (Å²) in [6, 6.07) is 0. The van der Waals surface area contributed by atoms with Crippen LogP contribution in [0.3, 0.4) is 0 Å². The number of esters is 1. The monoisotopic (exact) mass is 322 g/mol. The van der Waals surface area contributed by atoms with Gasteiger partial charge in [-0.05, 0) is 25.2 Å². The van der Waals surface area contributed by atoms with E-state index < -0.39 is 22.9 Å². The Morgan fingerprint density at radius 3 is 2.23 bits per heavy atom. The number of carbonyl (C=O) groups excluding carboxylic acids is 1. The molecule has 10 nitrogen and oxygen atoms in total. The van der Waals surface area contributed by atoms with E-state index in [0.29, 0.717) is 12.8 Å². The van der Waals surface area contributed by atoms with E-state index in [1.807, 2.05) is 13.8 Å². The number of hydrogen-bond acceptors (Lipinski definition) is 8. The van der Waals surface area contributed by atoms with Gasteiger partial charge in [-0.25, -0.2) is 0 Å². The lowest BCUT2D eigenvalue weighted by Crippen LogP contribution is -2.27. The molecule has 0 saturated carbocycles. The molecule has 0 bridgehead atoms. The molecule has 0 aliphatic rings. The minimum atomic E-state index is -1.03. The van der Waals surface area contributed by atoms with Crippen LogP contribution >= 0.6 is 0 Å². The predicted molar refractivity (Wildman–Crippen MR) is 73.7 cm³/mol. The first-order valence-corrected chi connectivity index (χ1v) is 7.04. The minimum Gasteiger partial charge on any atom is -0.462 e. The molecule has 0 rings (SSSR count). The average Bonchev–Trinajstić information content (AvgIpc) is 2.42. The van der Waals surface area contributed by atoms with Crippen molar-refractivity contribution in [2.24, 2.45) is 5.92 Å². The lowest BCUT2D eigenvalue weighted by Gasteiger charge is -2.22. The lowest BCUT2D eigenvalue weighted by atomic mass is 10.00. The molecule has 10 heteroatoms. The van der Waals surface area contributed by atoms with Gasteiger partial charge >= 0.3 is 5.97 Å². The minimum absolute atomic E-state index is 0.0976. The first kappa shape index (κ1) is 19.9. The van der Waals surface area contributed by atoms with Crippen molar-refractivity contribution in [1.29, 1.82) is 0 Å². The van der Waals surface area contributed by atoms with Crippen molar-refractivity contribution in [2.45, 2.75) is 58.7 Å². The van der Waals surface area contributed by atoms with Crippen molar-refractivity contribution in [2.75, 3.05) is 6.61 Å². The smallest absolute Gasteiger partial charge is 0.305 e. The fourth-order valence-electron chi connectivity index (χ4n) is 1.76. The van der Waals surface area contributed by atoms with Crippen molar-refractivity contribution in [3.63, 3.8) is 0 Å². The summed E-state index contributed by atoms with van der Waals surface area (Å²) in [6.07, 6.45) is 0.0447. The molecule has 0 radical (unpaired) electrons. The summed E-state index contributed by atoms with van der Waals surface area (Å²) in [5, 5.41) is 18.4. The topological polar surface area (TPSA) is 131 Å². The third-order valence-corrected chi connectivity index (χ3v) is 2.93. The summed E-state index contributed by atoms with van der Waals surface area (Å²) < 4.78 is 5.27. The van der Waals surface area contributed by atoms with Crippen LogP contribution < -0.4 is 0 Å². The van der Waals surface area contributed by atoms with Gasteiger partial charge in [-0.1, -0.05) is 20.8 Å². The Morgan fingerprint density at radius 1 is 1.14 bits per heavy atom. The summed E-state index contributed by atoms with van der Waals surface area (Å²) in [7, 11) is 0. The number of nitrogens with zero attached hydrogens (tertiary/aromatic N) is 2. The Hall–Kier alpha value is -2.13. The van der Waals surface area contributed by atoms with Crippen molar-refractivity contribution >= 4 is 5.97 Å². The summed E-state index contributed by atoms with van der Waals surface area (Å²) in [6.45, 7) is 4.97. The SMILES string of the molecule is CCC(=O)OC(CCCC(CO[N+](=O)[O-])O[N+](=O)[O-])C(C)C. The number of hydrogen-bond donors (Lipinski definition) is 0. The highest BCUT2D eigenvalue weighted by molar-refractivity contribution is 5.69. The zero-order chi connectivity index (χ0) is 17.1. The van der Waals surface area contributed by atoms with Crippen molar-refractivity contribution in [1.82, 2.24) is 0 Å². The number of carbonyl (C=O) groups is 1. The van der Waals surface area contributed by atoms with Crippen LogP contribution in [0.4, 0.5) is 0 Å². The molecule has 22 heavy (non-hydrogen) atoms. The zero-order valence-electron chi connectivity index (χ0n) is 12.9. The van der Waals surface area contributed by atoms with Gasteiger partial charge in [-0.2, -0.15) is 0 Å². The highest BCUT2D eigenvalue weighted by Gasteiger charge is 2.20. The Bertz CT molecular complexity index is 374. The van der Waals surface area contributed by atoms with Gasteiger partial charge in [0.2, 0.25) is 0 Å². The van der Waals surface area contributed by atoms with E-state index >= 15 is 0 Å². The third-order valence-electron chi connectivity index (χ3n) is 2.93. The molecule has 2 unspecified atom stereocenters. The van der Waals surface area contributed by atoms with Gasteiger partial charge in [0.25, 0.3) is 10.2 Å². The quantitative estimate of drug-likeness (QED) is 0.302. The van der Waals surface area contributed by atoms with Gasteiger partial charge in [0, 0.05) is 6.42 Å². The molecule has 0 aromatic rings. The molecule has 0 saturated heterocycles. The van der Waals surface area contributed by atoms with E-state index in [1.165, 1.54) is 0 Å².